The van der Waals surface area contributed by atoms with Crippen LogP contribution in [-0.2, 0) is 70.1 Å². The van der Waals surface area contributed by atoms with Crippen LogP contribution in [-0.4, -0.2) is 177 Å². The van der Waals surface area contributed by atoms with Gasteiger partial charge in [0.1, 0.15) is 36.4 Å². The highest BCUT2D eigenvalue weighted by molar-refractivity contribution is 14.1. The molecule has 17 rings (SSSR count). The Kier molecular flexibility index (Phi) is 26.2. The number of aliphatic hydroxyl groups is 6. The summed E-state index contributed by atoms with van der Waals surface area (Å²) in [6.45, 7) is 26.1. The second kappa shape index (κ2) is 34.2. The first-order valence-corrected chi connectivity index (χ1v) is 43.7. The van der Waals surface area contributed by atoms with Crippen molar-refractivity contribution in [2.24, 2.45) is 87.3 Å². The Morgan fingerprint density at radius 2 is 0.734 bits per heavy atom. The van der Waals surface area contributed by atoms with E-state index in [1.54, 1.807) is 48.5 Å². The number of nitrogens with one attached hydrogen (secondary N) is 3. The molecule has 12 fully saturated rings. The van der Waals surface area contributed by atoms with Crippen LogP contribution in [0.1, 0.15) is 138 Å². The minimum absolute atomic E-state index is 0.0997. The van der Waals surface area contributed by atoms with Gasteiger partial charge in [0.05, 0.1) is 57.8 Å². The van der Waals surface area contributed by atoms with E-state index in [1.807, 2.05) is 103 Å². The fourth-order valence-corrected chi connectivity index (χ4v) is 22.7. The van der Waals surface area contributed by atoms with E-state index in [9.17, 15) is 53.4 Å². The highest BCUT2D eigenvalue weighted by atomic mass is 127. The number of aliphatic hydroxyl groups excluding tert-OH is 6. The molecule has 5 aromatic carbocycles. The van der Waals surface area contributed by atoms with Crippen molar-refractivity contribution in [2.75, 3.05) is 32.3 Å². The zero-order chi connectivity index (χ0) is 78.6. The lowest BCUT2D eigenvalue weighted by atomic mass is 9.45. The molecular formula is C86H119IN6O14S2. The van der Waals surface area contributed by atoms with Gasteiger partial charge in [0, 0.05) is 83.4 Å². The molecule has 3 saturated heterocycles. The minimum Gasteiger partial charge on any atom is -0.394 e. The molecule has 6 bridgehead atoms. The Balaban J connectivity index is 0.000000154. The van der Waals surface area contributed by atoms with E-state index >= 15 is 0 Å². The van der Waals surface area contributed by atoms with Crippen molar-refractivity contribution in [1.29, 1.82) is 0 Å². The summed E-state index contributed by atoms with van der Waals surface area (Å²) in [5.74, 6) is 2.93. The first-order chi connectivity index (χ1) is 51.6. The molecule has 26 atom stereocenters. The maximum absolute atomic E-state index is 13.8. The molecule has 3 aliphatic heterocycles. The number of fused-ring (bicyclic) bond motifs is 6. The van der Waals surface area contributed by atoms with Crippen LogP contribution < -0.4 is 16.0 Å². The van der Waals surface area contributed by atoms with Gasteiger partial charge in [-0.15, -0.1) is 0 Å². The van der Waals surface area contributed by atoms with E-state index in [-0.39, 0.29) is 55.7 Å². The lowest BCUT2D eigenvalue weighted by molar-refractivity contribution is -0.183. The molecule has 0 spiro atoms. The molecule has 5 aromatic rings. The van der Waals surface area contributed by atoms with Gasteiger partial charge >= 0.3 is 0 Å². The second-order valence-electron chi connectivity index (χ2n) is 35.2. The summed E-state index contributed by atoms with van der Waals surface area (Å²) in [7, 11) is -2.07. The van der Waals surface area contributed by atoms with Gasteiger partial charge in [-0.25, -0.2) is 0 Å². The number of nitrogens with zero attached hydrogens (tertiary/aromatic N) is 3. The third kappa shape index (κ3) is 17.2. The Labute approximate surface area is 663 Å². The van der Waals surface area contributed by atoms with Gasteiger partial charge in [0.15, 0.2) is 0 Å². The van der Waals surface area contributed by atoms with E-state index in [2.05, 4.69) is 119 Å². The molecule has 3 amide bonds. The Bertz CT molecular complexity index is 3860. The van der Waals surface area contributed by atoms with Gasteiger partial charge in [-0.1, -0.05) is 135 Å². The summed E-state index contributed by atoms with van der Waals surface area (Å²) in [5.41, 5.74) is 7.96. The van der Waals surface area contributed by atoms with E-state index in [1.165, 1.54) is 19.3 Å². The van der Waals surface area contributed by atoms with E-state index in [0.29, 0.717) is 89.1 Å². The van der Waals surface area contributed by atoms with Gasteiger partial charge in [0.25, 0.3) is 0 Å². The summed E-state index contributed by atoms with van der Waals surface area (Å²) >= 11 is 2.27. The number of halogens is 1. The molecule has 9 N–H and O–H groups in total. The van der Waals surface area contributed by atoms with Crippen LogP contribution in [0.15, 0.2) is 131 Å². The van der Waals surface area contributed by atoms with Crippen molar-refractivity contribution in [3.05, 3.63) is 142 Å². The number of rotatable bonds is 22. The summed E-state index contributed by atoms with van der Waals surface area (Å²) < 4.78 is 24.6. The van der Waals surface area contributed by atoms with Crippen molar-refractivity contribution in [3.8, 4) is 22.3 Å². The second-order valence-corrected chi connectivity index (χ2v) is 39.2. The average Bonchev–Trinajstić information content (AvgIpc) is 1.28. The lowest BCUT2D eigenvalue weighted by Gasteiger charge is -2.62. The standard InChI is InChI=1S/2C31H42N2O5S.C24H35IN2O4/c2*1-18-25-14-23(31(25,3)4)15-26(18)32-30(36)29-28(19(2)35)27(17-34)38-33(29)16-20-7-6-8-22(13-20)21-9-11-24(12-10-21)39(5)37;1-13-18-9-16(24(18,3)4)10-19(13)26-23(30)22-21(14(2)29)20(12-28)31-27(22)11-15-6-5-7-17(25)8-15/h2*6-13,18-19,23,25-29,34-35H,14-17H2,1-5H3,(H,32,36);5-8,13-14,16,18-22,28-29H,9-12H2,1-4H3,(H,26,30)/t2*18-,19-,23+,25-,26-,27-,28+,29-,39?;13-,14-,16+,18-,19-,20-,21+,22-/m000/s1. The van der Waals surface area contributed by atoms with Crippen molar-refractivity contribution in [3.63, 3.8) is 0 Å². The maximum atomic E-state index is 13.8. The summed E-state index contributed by atoms with van der Waals surface area (Å²) in [4.78, 5) is 61.0. The maximum Gasteiger partial charge on any atom is 0.240 e. The number of carbonyl (C=O) groups excluding carboxylic acids is 3. The number of amides is 3. The number of benzene rings is 5. The fourth-order valence-electron chi connectivity index (χ4n) is 21.0. The number of hydrogen-bond acceptors (Lipinski definition) is 17. The first kappa shape index (κ1) is 83.5. The van der Waals surface area contributed by atoms with E-state index in [0.717, 1.165) is 71.6 Å². The molecule has 109 heavy (non-hydrogen) atoms. The molecule has 0 aromatic heterocycles. The number of hydroxylamine groups is 6. The van der Waals surface area contributed by atoms with Gasteiger partial charge < -0.3 is 46.6 Å². The molecule has 9 saturated carbocycles. The summed E-state index contributed by atoms with van der Waals surface area (Å²) in [6.07, 6.45) is 5.64. The van der Waals surface area contributed by atoms with Crippen LogP contribution in [0, 0.1) is 90.8 Å². The summed E-state index contributed by atoms with van der Waals surface area (Å²) in [6, 6.07) is 37.7. The average molecular weight is 1650 g/mol. The molecule has 596 valence electrons. The van der Waals surface area contributed by atoms with Crippen LogP contribution in [0.2, 0.25) is 0 Å². The topological polar surface area (TPSA) is 280 Å². The summed E-state index contributed by atoms with van der Waals surface area (Å²) in [5, 5.41) is 76.8. The highest BCUT2D eigenvalue weighted by Gasteiger charge is 2.61. The van der Waals surface area contributed by atoms with Crippen molar-refractivity contribution in [2.45, 2.75) is 224 Å². The van der Waals surface area contributed by atoms with Crippen molar-refractivity contribution in [1.82, 2.24) is 31.1 Å². The van der Waals surface area contributed by atoms with E-state index < -0.39 is 94.1 Å². The Morgan fingerprint density at radius 3 is 0.982 bits per heavy atom. The molecule has 23 heteroatoms. The van der Waals surface area contributed by atoms with Crippen LogP contribution in [0.5, 0.6) is 0 Å². The molecule has 12 aliphatic rings. The molecule has 20 nitrogen and oxygen atoms in total. The third-order valence-corrected chi connectivity index (χ3v) is 30.5. The largest absolute Gasteiger partial charge is 0.394 e. The molecule has 0 radical (unpaired) electrons. The normalized spacial score (nSPS) is 34.6. The predicted molar refractivity (Wildman–Crippen MR) is 430 cm³/mol. The predicted octanol–water partition coefficient (Wildman–Crippen LogP) is 10.5. The van der Waals surface area contributed by atoms with Gasteiger partial charge in [-0.05, 0) is 239 Å². The highest BCUT2D eigenvalue weighted by Crippen LogP contribution is 2.63. The number of hydrogen-bond donors (Lipinski definition) is 9. The van der Waals surface area contributed by atoms with Crippen LogP contribution in [0.3, 0.4) is 0 Å². The zero-order valence-electron chi connectivity index (χ0n) is 65.9. The SMILES string of the molecule is C[C@@H]1[C@@H](NC(=O)[C@@H]2[C@H]([C@H](C)O)[C@H](CO)ON2Cc2cccc(-c3ccc(S(C)=O)cc3)c2)C[C@H]2C[C@@H]1C2(C)C.C[C@@H]1[C@@H](NC(=O)[C@@H]2[C@H]([C@H](C)O)[C@H](CO)ON2Cc2cccc(-c3ccc(S(C)=O)cc3)c2)C[C@H]2C[C@@H]1C2(C)C.C[C@@H]1[C@@H](NC(=O)[C@@H]2[C@H]([C@H](C)O)[C@H](CO)ON2Cc2cccc(I)c2)C[C@H]2C[C@@H]1C2(C)C. The third-order valence-electron chi connectivity index (χ3n) is 28.0. The van der Waals surface area contributed by atoms with Crippen LogP contribution >= 0.6 is 22.6 Å². The van der Waals surface area contributed by atoms with Crippen molar-refractivity contribution >= 4 is 61.9 Å². The molecular weight excluding hydrogens is 1530 g/mol. The molecule has 2 unspecified atom stereocenters. The Morgan fingerprint density at radius 1 is 0.450 bits per heavy atom. The number of carbonyl (C=O) groups is 3. The zero-order valence-corrected chi connectivity index (χ0v) is 69.7. The Hall–Kier alpha value is -4.94. The first-order valence-electron chi connectivity index (χ1n) is 39.5. The smallest absolute Gasteiger partial charge is 0.240 e. The minimum atomic E-state index is -1.03. The van der Waals surface area contributed by atoms with Crippen LogP contribution in [0.4, 0.5) is 0 Å². The molecule has 9 aliphatic carbocycles. The van der Waals surface area contributed by atoms with Gasteiger partial charge in [-0.2, -0.15) is 15.2 Å². The quantitative estimate of drug-likeness (QED) is 0.0291. The monoisotopic (exact) mass is 1650 g/mol. The van der Waals surface area contributed by atoms with Gasteiger partial charge in [-0.3, -0.25) is 37.3 Å². The van der Waals surface area contributed by atoms with Crippen molar-refractivity contribution < 1.29 is 68.0 Å². The van der Waals surface area contributed by atoms with Crippen LogP contribution in [0.25, 0.3) is 22.3 Å². The molecule has 3 heterocycles. The van der Waals surface area contributed by atoms with Gasteiger partial charge in [0.2, 0.25) is 17.7 Å². The lowest BCUT2D eigenvalue weighted by Crippen LogP contribution is -2.62. The van der Waals surface area contributed by atoms with E-state index in [4.69, 9.17) is 14.5 Å². The fraction of sp³-hybridized carbons (Fsp3) is 0.616.